The van der Waals surface area contributed by atoms with Crippen molar-refractivity contribution >= 4 is 22.0 Å². The Balaban J connectivity index is 1.74. The van der Waals surface area contributed by atoms with E-state index >= 15 is 0 Å². The summed E-state index contributed by atoms with van der Waals surface area (Å²) in [7, 11) is -3.73. The number of carbonyl (C=O) groups is 2. The monoisotopic (exact) mass is 358 g/mol. The molecule has 24 heavy (non-hydrogen) atoms. The van der Waals surface area contributed by atoms with Gasteiger partial charge in [-0.05, 0) is 24.3 Å². The predicted octanol–water partition coefficient (Wildman–Crippen LogP) is -0.707. The van der Waals surface area contributed by atoms with Gasteiger partial charge in [-0.3, -0.25) is 9.59 Å². The Kier molecular flexibility index (Phi) is 5.86. The van der Waals surface area contributed by atoms with Crippen molar-refractivity contribution in [1.29, 1.82) is 0 Å². The molecule has 10 heteroatoms. The molecule has 0 radical (unpaired) electrons. The molecule has 1 aromatic rings. The van der Waals surface area contributed by atoms with Gasteiger partial charge in [0.25, 0.3) is 16.1 Å². The molecule has 1 aliphatic heterocycles. The van der Waals surface area contributed by atoms with E-state index in [1.54, 1.807) is 0 Å². The molecule has 2 rings (SSSR count). The standard InChI is InChI=1S/C14H19FN4O4S/c15-12-3-1-11(2-4-12)14(21)17-6-5-13(20)18-7-9-19(10-8-18)24(16,22)23/h1-4H,5-10H2,(H,17,21)(H2,16,22,23). The molecular weight excluding hydrogens is 339 g/mol. The van der Waals surface area contributed by atoms with Crippen LogP contribution in [0, 0.1) is 5.82 Å². The number of hydrogen-bond acceptors (Lipinski definition) is 4. The van der Waals surface area contributed by atoms with E-state index in [-0.39, 0.29) is 51.0 Å². The van der Waals surface area contributed by atoms with E-state index in [1.807, 2.05) is 0 Å². The largest absolute Gasteiger partial charge is 0.352 e. The highest BCUT2D eigenvalue weighted by atomic mass is 32.2. The van der Waals surface area contributed by atoms with Crippen LogP contribution in [0.3, 0.4) is 0 Å². The number of rotatable bonds is 5. The topological polar surface area (TPSA) is 113 Å². The summed E-state index contributed by atoms with van der Waals surface area (Å²) in [5.74, 6) is -0.995. The first kappa shape index (κ1) is 18.3. The van der Waals surface area contributed by atoms with Crippen molar-refractivity contribution in [2.45, 2.75) is 6.42 Å². The van der Waals surface area contributed by atoms with Crippen LogP contribution in [0.5, 0.6) is 0 Å². The minimum Gasteiger partial charge on any atom is -0.352 e. The van der Waals surface area contributed by atoms with E-state index in [9.17, 15) is 22.4 Å². The first-order chi connectivity index (χ1) is 11.3. The molecule has 1 aliphatic rings. The molecule has 1 aromatic carbocycles. The van der Waals surface area contributed by atoms with Crippen LogP contribution in [0.4, 0.5) is 4.39 Å². The quantitative estimate of drug-likeness (QED) is 0.724. The number of piperazine rings is 1. The van der Waals surface area contributed by atoms with Crippen LogP contribution < -0.4 is 10.5 Å². The highest BCUT2D eigenvalue weighted by Gasteiger charge is 2.26. The van der Waals surface area contributed by atoms with Gasteiger partial charge in [-0.1, -0.05) is 0 Å². The average Bonchev–Trinajstić information content (AvgIpc) is 2.54. The van der Waals surface area contributed by atoms with Crippen LogP contribution in [0.15, 0.2) is 24.3 Å². The summed E-state index contributed by atoms with van der Waals surface area (Å²) in [4.78, 5) is 25.4. The Morgan fingerprint density at radius 1 is 1.12 bits per heavy atom. The average molecular weight is 358 g/mol. The number of nitrogens with one attached hydrogen (secondary N) is 1. The van der Waals surface area contributed by atoms with Crippen LogP contribution in [-0.2, 0) is 15.0 Å². The third-order valence-corrected chi connectivity index (χ3v) is 4.77. The van der Waals surface area contributed by atoms with Crippen molar-refractivity contribution in [3.8, 4) is 0 Å². The number of amides is 2. The summed E-state index contributed by atoms with van der Waals surface area (Å²) in [6, 6.07) is 5.09. The molecule has 0 bridgehead atoms. The van der Waals surface area contributed by atoms with Gasteiger partial charge >= 0.3 is 0 Å². The predicted molar refractivity (Wildman–Crippen MR) is 84.6 cm³/mol. The molecule has 0 unspecified atom stereocenters. The Morgan fingerprint density at radius 2 is 1.71 bits per heavy atom. The van der Waals surface area contributed by atoms with Gasteiger partial charge in [0.15, 0.2) is 0 Å². The van der Waals surface area contributed by atoms with Crippen molar-refractivity contribution in [1.82, 2.24) is 14.5 Å². The molecule has 132 valence electrons. The second kappa shape index (κ2) is 7.69. The van der Waals surface area contributed by atoms with E-state index in [4.69, 9.17) is 5.14 Å². The lowest BCUT2D eigenvalue weighted by atomic mass is 10.2. The lowest BCUT2D eigenvalue weighted by Gasteiger charge is -2.33. The summed E-state index contributed by atoms with van der Waals surface area (Å²) in [5.41, 5.74) is 0.311. The van der Waals surface area contributed by atoms with Gasteiger partial charge in [0.1, 0.15) is 5.82 Å². The SMILES string of the molecule is NS(=O)(=O)N1CCN(C(=O)CCNC(=O)c2ccc(F)cc2)CC1. The summed E-state index contributed by atoms with van der Waals surface area (Å²) in [6.07, 6.45) is 0.0995. The maximum absolute atomic E-state index is 12.8. The van der Waals surface area contributed by atoms with Crippen LogP contribution in [-0.4, -0.2) is 62.2 Å². The molecule has 0 aliphatic carbocycles. The molecule has 8 nitrogen and oxygen atoms in total. The van der Waals surface area contributed by atoms with Crippen molar-refractivity contribution < 1.29 is 22.4 Å². The van der Waals surface area contributed by atoms with Crippen LogP contribution in [0.2, 0.25) is 0 Å². The van der Waals surface area contributed by atoms with Gasteiger partial charge < -0.3 is 10.2 Å². The van der Waals surface area contributed by atoms with E-state index in [0.29, 0.717) is 5.56 Å². The number of benzene rings is 1. The highest BCUT2D eigenvalue weighted by molar-refractivity contribution is 7.86. The molecule has 0 aromatic heterocycles. The summed E-state index contributed by atoms with van der Waals surface area (Å²) < 4.78 is 36.3. The summed E-state index contributed by atoms with van der Waals surface area (Å²) in [6.45, 7) is 0.992. The second-order valence-corrected chi connectivity index (χ2v) is 6.88. The molecule has 1 heterocycles. The van der Waals surface area contributed by atoms with Gasteiger partial charge in [0, 0.05) is 44.7 Å². The number of carbonyl (C=O) groups excluding carboxylic acids is 2. The Hall–Kier alpha value is -2.04. The van der Waals surface area contributed by atoms with Gasteiger partial charge in [0.05, 0.1) is 0 Å². The minimum atomic E-state index is -3.73. The number of nitrogens with two attached hydrogens (primary N) is 1. The fourth-order valence-electron chi connectivity index (χ4n) is 2.34. The first-order valence-corrected chi connectivity index (χ1v) is 8.87. The third-order valence-electron chi connectivity index (χ3n) is 3.68. The molecule has 0 spiro atoms. The van der Waals surface area contributed by atoms with Crippen LogP contribution >= 0.6 is 0 Å². The van der Waals surface area contributed by atoms with Gasteiger partial charge in [-0.25, -0.2) is 9.53 Å². The van der Waals surface area contributed by atoms with E-state index in [2.05, 4.69) is 5.32 Å². The third kappa shape index (κ3) is 4.98. The number of hydrogen-bond donors (Lipinski definition) is 2. The fourth-order valence-corrected chi connectivity index (χ4v) is 3.01. The fraction of sp³-hybridized carbons (Fsp3) is 0.429. The summed E-state index contributed by atoms with van der Waals surface area (Å²) >= 11 is 0. The van der Waals surface area contributed by atoms with Gasteiger partial charge in [-0.2, -0.15) is 12.7 Å². The Labute approximate surface area is 139 Å². The lowest BCUT2D eigenvalue weighted by molar-refractivity contribution is -0.132. The molecule has 1 saturated heterocycles. The molecule has 2 amide bonds. The first-order valence-electron chi connectivity index (χ1n) is 7.37. The van der Waals surface area contributed by atoms with Crippen LogP contribution in [0.1, 0.15) is 16.8 Å². The van der Waals surface area contributed by atoms with E-state index in [0.717, 1.165) is 4.31 Å². The minimum absolute atomic E-state index is 0.0995. The molecule has 1 fully saturated rings. The number of nitrogens with zero attached hydrogens (tertiary/aromatic N) is 2. The Bertz CT molecular complexity index is 700. The highest BCUT2D eigenvalue weighted by Crippen LogP contribution is 2.06. The zero-order valence-corrected chi connectivity index (χ0v) is 13.8. The van der Waals surface area contributed by atoms with Crippen molar-refractivity contribution in [2.75, 3.05) is 32.7 Å². The zero-order valence-electron chi connectivity index (χ0n) is 12.9. The smallest absolute Gasteiger partial charge is 0.277 e. The lowest BCUT2D eigenvalue weighted by Crippen LogP contribution is -2.52. The molecular formula is C14H19FN4O4S. The maximum atomic E-state index is 12.8. The van der Waals surface area contributed by atoms with E-state index in [1.165, 1.54) is 29.2 Å². The van der Waals surface area contributed by atoms with E-state index < -0.39 is 16.0 Å². The Morgan fingerprint density at radius 3 is 2.25 bits per heavy atom. The molecule has 0 saturated carbocycles. The van der Waals surface area contributed by atoms with Crippen molar-refractivity contribution in [3.05, 3.63) is 35.6 Å². The summed E-state index contributed by atoms with van der Waals surface area (Å²) in [5, 5.41) is 7.62. The van der Waals surface area contributed by atoms with Gasteiger partial charge in [-0.15, -0.1) is 0 Å². The van der Waals surface area contributed by atoms with Crippen molar-refractivity contribution in [2.24, 2.45) is 5.14 Å². The van der Waals surface area contributed by atoms with Gasteiger partial charge in [0.2, 0.25) is 5.91 Å². The van der Waals surface area contributed by atoms with Crippen LogP contribution in [0.25, 0.3) is 0 Å². The maximum Gasteiger partial charge on any atom is 0.277 e. The zero-order chi connectivity index (χ0) is 17.7. The second-order valence-electron chi connectivity index (χ2n) is 5.34. The normalized spacial score (nSPS) is 16.0. The number of halogens is 1. The van der Waals surface area contributed by atoms with Crippen molar-refractivity contribution in [3.63, 3.8) is 0 Å². The molecule has 3 N–H and O–H groups in total. The molecule has 0 atom stereocenters.